The van der Waals surface area contributed by atoms with E-state index in [0.29, 0.717) is 0 Å². The van der Waals surface area contributed by atoms with Crippen LogP contribution >= 0.6 is 11.3 Å². The Hall–Kier alpha value is -3.39. The Kier molecular flexibility index (Phi) is 5.95. The zero-order valence-electron chi connectivity index (χ0n) is 13.3. The Morgan fingerprint density at radius 1 is 0.680 bits per heavy atom. The summed E-state index contributed by atoms with van der Waals surface area (Å²) in [4.78, 5) is 24.1. The fourth-order valence-electron chi connectivity index (χ4n) is 1.89. The van der Waals surface area contributed by atoms with Crippen LogP contribution < -0.4 is 0 Å². The van der Waals surface area contributed by atoms with E-state index in [2.05, 4.69) is 34.9 Å². The minimum atomic E-state index is 0.843. The summed E-state index contributed by atoms with van der Waals surface area (Å²) < 4.78 is 0. The van der Waals surface area contributed by atoms with E-state index < -0.39 is 0 Å². The summed E-state index contributed by atoms with van der Waals surface area (Å²) in [5, 5.41) is 2.86. The summed E-state index contributed by atoms with van der Waals surface area (Å²) >= 11 is 1.58. The molecule has 0 aliphatic rings. The van der Waals surface area contributed by atoms with Gasteiger partial charge in [-0.15, -0.1) is 11.3 Å². The molecule has 5 aromatic rings. The number of thiazole rings is 1. The predicted octanol–water partition coefficient (Wildman–Crippen LogP) is 3.95. The van der Waals surface area contributed by atoms with Crippen molar-refractivity contribution in [3.8, 4) is 22.4 Å². The molecule has 25 heavy (non-hydrogen) atoms. The highest BCUT2D eigenvalue weighted by atomic mass is 32.1. The van der Waals surface area contributed by atoms with Crippen molar-refractivity contribution in [2.45, 2.75) is 0 Å². The molecule has 0 atom stereocenters. The number of hydrogen-bond donors (Lipinski definition) is 4. The maximum Gasteiger partial charge on any atom is 0.166 e. The molecule has 0 saturated carbocycles. The van der Waals surface area contributed by atoms with Gasteiger partial charge in [-0.3, -0.25) is 0 Å². The number of hydrogen-bond acceptors (Lipinski definition) is 4. The molecule has 5 aromatic heterocycles. The van der Waals surface area contributed by atoms with Crippen LogP contribution in [0.1, 0.15) is 0 Å². The smallest absolute Gasteiger partial charge is 0.166 e. The zero-order chi connectivity index (χ0) is 17.2. The van der Waals surface area contributed by atoms with Gasteiger partial charge in [0.25, 0.3) is 0 Å². The number of nitrogens with zero attached hydrogens (tertiary/aromatic N) is 3. The first-order valence-corrected chi connectivity index (χ1v) is 8.41. The van der Waals surface area contributed by atoms with Gasteiger partial charge in [0.2, 0.25) is 0 Å². The summed E-state index contributed by atoms with van der Waals surface area (Å²) in [7, 11) is 0. The second-order valence-corrected chi connectivity index (χ2v) is 5.58. The minimum absolute atomic E-state index is 0.843. The van der Waals surface area contributed by atoms with Gasteiger partial charge in [-0.1, -0.05) is 0 Å². The van der Waals surface area contributed by atoms with Crippen molar-refractivity contribution in [1.29, 1.82) is 0 Å². The van der Waals surface area contributed by atoms with Crippen LogP contribution in [-0.2, 0) is 0 Å². The first-order chi connectivity index (χ1) is 12.4. The number of nitrogens with one attached hydrogen (secondary N) is 4. The van der Waals surface area contributed by atoms with Gasteiger partial charge in [0.15, 0.2) is 16.7 Å². The molecule has 0 radical (unpaired) electrons. The third kappa shape index (κ3) is 5.05. The number of imidazole rings is 2. The zero-order valence-corrected chi connectivity index (χ0v) is 14.1. The van der Waals surface area contributed by atoms with Gasteiger partial charge in [0, 0.05) is 55.0 Å². The highest BCUT2D eigenvalue weighted by Gasteiger charge is 1.99. The molecule has 0 fully saturated rings. The first kappa shape index (κ1) is 16.5. The molecule has 8 heteroatoms. The summed E-state index contributed by atoms with van der Waals surface area (Å²) in [5.74, 6) is 1.72. The highest BCUT2D eigenvalue weighted by molar-refractivity contribution is 7.12. The second-order valence-electron chi connectivity index (χ2n) is 4.68. The van der Waals surface area contributed by atoms with Gasteiger partial charge in [0.1, 0.15) is 0 Å². The molecule has 5 rings (SSSR count). The van der Waals surface area contributed by atoms with Gasteiger partial charge in [0.05, 0.1) is 5.69 Å². The van der Waals surface area contributed by atoms with Crippen molar-refractivity contribution in [1.82, 2.24) is 34.9 Å². The van der Waals surface area contributed by atoms with Crippen molar-refractivity contribution >= 4 is 11.3 Å². The lowest BCUT2D eigenvalue weighted by atomic mass is 10.4. The topological polar surface area (TPSA) is 102 Å². The number of rotatable bonds is 2. The van der Waals surface area contributed by atoms with Crippen LogP contribution in [0.2, 0.25) is 0 Å². The Labute approximate surface area is 148 Å². The third-order valence-electron chi connectivity index (χ3n) is 2.98. The lowest BCUT2D eigenvalue weighted by molar-refractivity contribution is 1.26. The standard InChI is InChI=1S/C7H7N3.C6H5N3S.C4H5N/c1-2-6(8-3-1)7-9-4-5-10-7;1-2-8-5(7-1)6-9-3-4-10-6;1-2-4-5-3-1/h1-5,8H,(H,9,10);1-4H,(H,7,8);1-5H. The quantitative estimate of drug-likeness (QED) is 0.387. The van der Waals surface area contributed by atoms with Gasteiger partial charge in [-0.05, 0) is 24.3 Å². The van der Waals surface area contributed by atoms with Crippen LogP contribution in [0.15, 0.2) is 79.2 Å². The summed E-state index contributed by atoms with van der Waals surface area (Å²) in [6.45, 7) is 0. The molecule has 0 aliphatic heterocycles. The lowest BCUT2D eigenvalue weighted by Crippen LogP contribution is -1.77. The molecule has 0 bridgehead atoms. The van der Waals surface area contributed by atoms with E-state index in [0.717, 1.165) is 22.4 Å². The number of aromatic nitrogens is 7. The van der Waals surface area contributed by atoms with Gasteiger partial charge >= 0.3 is 0 Å². The van der Waals surface area contributed by atoms with Gasteiger partial charge in [-0.25, -0.2) is 15.0 Å². The maximum absolute atomic E-state index is 4.08. The molecule has 0 aliphatic carbocycles. The van der Waals surface area contributed by atoms with Crippen LogP contribution in [0.4, 0.5) is 0 Å². The van der Waals surface area contributed by atoms with Crippen LogP contribution in [0, 0.1) is 0 Å². The van der Waals surface area contributed by atoms with Crippen LogP contribution in [-0.4, -0.2) is 34.9 Å². The fraction of sp³-hybridized carbons (Fsp3) is 0. The summed E-state index contributed by atoms with van der Waals surface area (Å²) in [5.41, 5.74) is 1.02. The fourth-order valence-corrected chi connectivity index (χ4v) is 2.49. The summed E-state index contributed by atoms with van der Waals surface area (Å²) in [6.07, 6.45) is 14.4. The molecular formula is C17H17N7S. The largest absolute Gasteiger partial charge is 0.368 e. The predicted molar refractivity (Wildman–Crippen MR) is 98.9 cm³/mol. The molecule has 0 unspecified atom stereocenters. The van der Waals surface area contributed by atoms with E-state index >= 15 is 0 Å². The minimum Gasteiger partial charge on any atom is -0.368 e. The SMILES string of the molecule is c1c[nH]c(-c2ncc[nH]2)c1.c1c[nH]c(-c2nccs2)n1.c1cc[nH]c1. The molecule has 0 amide bonds. The van der Waals surface area contributed by atoms with Crippen molar-refractivity contribution < 1.29 is 0 Å². The number of aromatic amines is 4. The van der Waals surface area contributed by atoms with Crippen molar-refractivity contribution in [3.63, 3.8) is 0 Å². The first-order valence-electron chi connectivity index (χ1n) is 7.53. The second kappa shape index (κ2) is 9.04. The molecule has 0 saturated heterocycles. The lowest BCUT2D eigenvalue weighted by Gasteiger charge is -1.86. The molecular weight excluding hydrogens is 334 g/mol. The van der Waals surface area contributed by atoms with Crippen molar-refractivity contribution in [3.05, 3.63) is 79.2 Å². The van der Waals surface area contributed by atoms with Gasteiger partial charge < -0.3 is 19.9 Å². The third-order valence-corrected chi connectivity index (χ3v) is 3.76. The van der Waals surface area contributed by atoms with Crippen molar-refractivity contribution in [2.24, 2.45) is 0 Å². The van der Waals surface area contributed by atoms with E-state index in [1.807, 2.05) is 48.2 Å². The molecule has 126 valence electrons. The molecule has 4 N–H and O–H groups in total. The van der Waals surface area contributed by atoms with Crippen LogP contribution in [0.3, 0.4) is 0 Å². The molecule has 0 spiro atoms. The Morgan fingerprint density at radius 3 is 1.92 bits per heavy atom. The molecule has 5 heterocycles. The van der Waals surface area contributed by atoms with E-state index in [4.69, 9.17) is 0 Å². The average Bonchev–Trinajstić information content (AvgIpc) is 3.51. The number of H-pyrrole nitrogens is 4. The highest BCUT2D eigenvalue weighted by Crippen LogP contribution is 2.15. The van der Waals surface area contributed by atoms with Crippen LogP contribution in [0.5, 0.6) is 0 Å². The Morgan fingerprint density at radius 2 is 1.44 bits per heavy atom. The normalized spacial score (nSPS) is 9.60. The molecule has 0 aromatic carbocycles. The Balaban J connectivity index is 0.000000116. The van der Waals surface area contributed by atoms with E-state index in [1.54, 1.807) is 42.3 Å². The Bertz CT molecular complexity index is 729. The van der Waals surface area contributed by atoms with E-state index in [1.165, 1.54) is 0 Å². The van der Waals surface area contributed by atoms with Crippen LogP contribution in [0.25, 0.3) is 22.4 Å². The van der Waals surface area contributed by atoms with E-state index in [9.17, 15) is 0 Å². The van der Waals surface area contributed by atoms with E-state index in [-0.39, 0.29) is 0 Å². The maximum atomic E-state index is 4.08. The monoisotopic (exact) mass is 351 g/mol. The van der Waals surface area contributed by atoms with Gasteiger partial charge in [-0.2, -0.15) is 0 Å². The molecule has 7 nitrogen and oxygen atoms in total. The average molecular weight is 351 g/mol. The van der Waals surface area contributed by atoms with Crippen molar-refractivity contribution in [2.75, 3.05) is 0 Å². The summed E-state index contributed by atoms with van der Waals surface area (Å²) in [6, 6.07) is 7.80.